The van der Waals surface area contributed by atoms with E-state index in [9.17, 15) is 4.79 Å². The van der Waals surface area contributed by atoms with Gasteiger partial charge < -0.3 is 5.32 Å². The summed E-state index contributed by atoms with van der Waals surface area (Å²) in [5.74, 6) is 0.119. The van der Waals surface area contributed by atoms with Crippen molar-refractivity contribution >= 4 is 21.8 Å². The van der Waals surface area contributed by atoms with Crippen molar-refractivity contribution in [2.24, 2.45) is 0 Å². The van der Waals surface area contributed by atoms with E-state index in [1.807, 2.05) is 0 Å². The number of hydrogen-bond acceptors (Lipinski definition) is 1. The fourth-order valence-corrected chi connectivity index (χ4v) is 1.70. The molecule has 1 N–H and O–H groups in total. The molecule has 1 amide bonds. The Balaban J connectivity index is 2.49. The van der Waals surface area contributed by atoms with Crippen molar-refractivity contribution < 1.29 is 4.79 Å². The first-order valence-corrected chi connectivity index (χ1v) is 3.89. The number of halogens is 1. The maximum Gasteiger partial charge on any atom is 0.236 e. The first-order valence-electron chi connectivity index (χ1n) is 3.10. The van der Waals surface area contributed by atoms with Crippen molar-refractivity contribution in [3.8, 4) is 0 Å². The van der Waals surface area contributed by atoms with E-state index >= 15 is 0 Å². The molecule has 0 aliphatic heterocycles. The molecular formula is C6H10BrNO. The van der Waals surface area contributed by atoms with Gasteiger partial charge in [-0.05, 0) is 19.3 Å². The highest BCUT2D eigenvalue weighted by atomic mass is 79.9. The summed E-state index contributed by atoms with van der Waals surface area (Å²) in [4.78, 5) is 11.0. The second-order valence-electron chi connectivity index (χ2n) is 2.40. The Bertz CT molecular complexity index is 131. The van der Waals surface area contributed by atoms with E-state index in [-0.39, 0.29) is 10.2 Å². The predicted molar refractivity (Wildman–Crippen MR) is 39.6 cm³/mol. The molecule has 0 aromatic heterocycles. The smallest absolute Gasteiger partial charge is 0.236 e. The molecule has 1 rings (SSSR count). The maximum absolute atomic E-state index is 11.0. The Kier molecular flexibility index (Phi) is 1.80. The van der Waals surface area contributed by atoms with Gasteiger partial charge in [0, 0.05) is 7.05 Å². The summed E-state index contributed by atoms with van der Waals surface area (Å²) in [7, 11) is 1.67. The van der Waals surface area contributed by atoms with Crippen LogP contribution in [0.4, 0.5) is 0 Å². The largest absolute Gasteiger partial charge is 0.358 e. The molecule has 3 heteroatoms. The lowest BCUT2D eigenvalue weighted by Gasteiger charge is -2.33. The van der Waals surface area contributed by atoms with Crippen LogP contribution in [0.2, 0.25) is 0 Å². The number of rotatable bonds is 1. The summed E-state index contributed by atoms with van der Waals surface area (Å²) in [6, 6.07) is 0. The first-order chi connectivity index (χ1) is 4.19. The number of nitrogens with one attached hydrogen (secondary N) is 1. The van der Waals surface area contributed by atoms with Crippen molar-refractivity contribution in [1.29, 1.82) is 0 Å². The van der Waals surface area contributed by atoms with Crippen LogP contribution in [0.15, 0.2) is 0 Å². The fraction of sp³-hybridized carbons (Fsp3) is 0.833. The number of hydrogen-bond donors (Lipinski definition) is 1. The molecule has 0 unspecified atom stereocenters. The molecule has 0 atom stereocenters. The van der Waals surface area contributed by atoms with Crippen LogP contribution < -0.4 is 5.32 Å². The maximum atomic E-state index is 11.0. The van der Waals surface area contributed by atoms with E-state index in [2.05, 4.69) is 21.2 Å². The van der Waals surface area contributed by atoms with Crippen molar-refractivity contribution in [3.63, 3.8) is 0 Å². The van der Waals surface area contributed by atoms with E-state index in [1.165, 1.54) is 6.42 Å². The summed E-state index contributed by atoms with van der Waals surface area (Å²) in [6.45, 7) is 0. The Labute approximate surface area is 63.1 Å². The molecule has 1 fully saturated rings. The summed E-state index contributed by atoms with van der Waals surface area (Å²) in [5.41, 5.74) is 0. The Morgan fingerprint density at radius 1 is 1.67 bits per heavy atom. The quantitative estimate of drug-likeness (QED) is 0.618. The summed E-state index contributed by atoms with van der Waals surface area (Å²) in [5, 5.41) is 2.62. The molecule has 1 aliphatic rings. The van der Waals surface area contributed by atoms with E-state index in [0.717, 1.165) is 12.8 Å². The van der Waals surface area contributed by atoms with Gasteiger partial charge in [-0.1, -0.05) is 15.9 Å². The van der Waals surface area contributed by atoms with Gasteiger partial charge in [-0.15, -0.1) is 0 Å². The zero-order valence-electron chi connectivity index (χ0n) is 5.41. The van der Waals surface area contributed by atoms with Gasteiger partial charge in [0.25, 0.3) is 0 Å². The molecule has 0 heterocycles. The minimum absolute atomic E-state index is 0.119. The highest BCUT2D eigenvalue weighted by molar-refractivity contribution is 9.10. The van der Waals surface area contributed by atoms with Crippen LogP contribution in [0.25, 0.3) is 0 Å². The summed E-state index contributed by atoms with van der Waals surface area (Å²) >= 11 is 3.38. The average Bonchev–Trinajstić information content (AvgIpc) is 1.81. The molecule has 0 bridgehead atoms. The zero-order valence-corrected chi connectivity index (χ0v) is 6.99. The average molecular weight is 192 g/mol. The van der Waals surface area contributed by atoms with Crippen molar-refractivity contribution in [3.05, 3.63) is 0 Å². The van der Waals surface area contributed by atoms with Crippen LogP contribution in [0.3, 0.4) is 0 Å². The minimum atomic E-state index is -0.207. The second kappa shape index (κ2) is 2.29. The Hall–Kier alpha value is -0.0500. The molecule has 9 heavy (non-hydrogen) atoms. The van der Waals surface area contributed by atoms with Gasteiger partial charge in [0.2, 0.25) is 5.91 Å². The molecule has 1 saturated carbocycles. The van der Waals surface area contributed by atoms with Gasteiger partial charge in [-0.25, -0.2) is 0 Å². The van der Waals surface area contributed by atoms with Gasteiger partial charge in [-0.2, -0.15) is 0 Å². The zero-order chi connectivity index (χ0) is 6.91. The van der Waals surface area contributed by atoms with Gasteiger partial charge in [0.05, 0.1) is 0 Å². The standard InChI is InChI=1S/C6H10BrNO/c1-8-5(9)6(7)3-2-4-6/h2-4H2,1H3,(H,8,9). The Morgan fingerprint density at radius 2 is 2.22 bits per heavy atom. The highest BCUT2D eigenvalue weighted by Gasteiger charge is 2.40. The molecule has 0 radical (unpaired) electrons. The third-order valence-electron chi connectivity index (χ3n) is 1.78. The number of carbonyl (C=O) groups excluding carboxylic acids is 1. The Morgan fingerprint density at radius 3 is 2.33 bits per heavy atom. The molecule has 52 valence electrons. The van der Waals surface area contributed by atoms with Gasteiger partial charge in [-0.3, -0.25) is 4.79 Å². The van der Waals surface area contributed by atoms with E-state index in [0.29, 0.717) is 0 Å². The number of carbonyl (C=O) groups is 1. The van der Waals surface area contributed by atoms with Crippen LogP contribution in [0.5, 0.6) is 0 Å². The lowest BCUT2D eigenvalue weighted by Crippen LogP contribution is -2.45. The SMILES string of the molecule is CNC(=O)C1(Br)CCC1. The number of alkyl halides is 1. The molecule has 0 saturated heterocycles. The van der Waals surface area contributed by atoms with Crippen LogP contribution in [-0.4, -0.2) is 17.3 Å². The molecule has 0 aromatic rings. The summed E-state index contributed by atoms with van der Waals surface area (Å²) < 4.78 is -0.207. The monoisotopic (exact) mass is 191 g/mol. The molecule has 0 aromatic carbocycles. The molecular weight excluding hydrogens is 182 g/mol. The second-order valence-corrected chi connectivity index (χ2v) is 3.92. The topological polar surface area (TPSA) is 29.1 Å². The van der Waals surface area contributed by atoms with Crippen molar-refractivity contribution in [2.75, 3.05) is 7.05 Å². The predicted octanol–water partition coefficient (Wildman–Crippen LogP) is 1.05. The normalized spacial score (nSPS) is 22.4. The third kappa shape index (κ3) is 1.11. The van der Waals surface area contributed by atoms with Gasteiger partial charge in [0.15, 0.2) is 0 Å². The van der Waals surface area contributed by atoms with Crippen LogP contribution >= 0.6 is 15.9 Å². The van der Waals surface area contributed by atoms with Gasteiger partial charge >= 0.3 is 0 Å². The number of amides is 1. The third-order valence-corrected chi connectivity index (χ3v) is 2.93. The molecule has 1 aliphatic carbocycles. The lowest BCUT2D eigenvalue weighted by molar-refractivity contribution is -0.124. The van der Waals surface area contributed by atoms with Crippen LogP contribution in [0.1, 0.15) is 19.3 Å². The molecule has 2 nitrogen and oxygen atoms in total. The highest BCUT2D eigenvalue weighted by Crippen LogP contribution is 2.39. The fourth-order valence-electron chi connectivity index (χ4n) is 0.938. The van der Waals surface area contributed by atoms with Crippen LogP contribution in [0, 0.1) is 0 Å². The summed E-state index contributed by atoms with van der Waals surface area (Å²) in [6.07, 6.45) is 3.12. The lowest BCUT2D eigenvalue weighted by atomic mass is 9.84. The van der Waals surface area contributed by atoms with E-state index in [1.54, 1.807) is 7.05 Å². The van der Waals surface area contributed by atoms with Crippen molar-refractivity contribution in [2.45, 2.75) is 23.6 Å². The van der Waals surface area contributed by atoms with E-state index < -0.39 is 0 Å². The van der Waals surface area contributed by atoms with E-state index in [4.69, 9.17) is 0 Å². The van der Waals surface area contributed by atoms with Crippen molar-refractivity contribution in [1.82, 2.24) is 5.32 Å². The van der Waals surface area contributed by atoms with Crippen LogP contribution in [-0.2, 0) is 4.79 Å². The van der Waals surface area contributed by atoms with Gasteiger partial charge in [0.1, 0.15) is 4.32 Å². The first kappa shape index (κ1) is 7.06. The minimum Gasteiger partial charge on any atom is -0.358 e. The molecule has 0 spiro atoms.